The quantitative estimate of drug-likeness (QED) is 0.710. The van der Waals surface area contributed by atoms with Gasteiger partial charge in [-0.15, -0.1) is 0 Å². The Hall–Kier alpha value is -0.610. The van der Waals surface area contributed by atoms with Gasteiger partial charge in [-0.05, 0) is 50.9 Å². The zero-order valence-corrected chi connectivity index (χ0v) is 12.1. The molecule has 0 aliphatic heterocycles. The average molecular weight is 268 g/mol. The standard InChI is InChI=1S/C15H28N2O2/c1-2-12-4-8-15(19,9-5-12)11-17-13(18)10-14(16)6-3-7-14/h12,19H,2-11,16H2,1H3,(H,17,18). The van der Waals surface area contributed by atoms with Crippen LogP contribution in [-0.4, -0.2) is 28.7 Å². The first kappa shape index (κ1) is 14.8. The van der Waals surface area contributed by atoms with Crippen LogP contribution >= 0.6 is 0 Å². The highest BCUT2D eigenvalue weighted by Gasteiger charge is 2.36. The third-order valence-corrected chi connectivity index (χ3v) is 5.09. The molecule has 19 heavy (non-hydrogen) atoms. The van der Waals surface area contributed by atoms with E-state index >= 15 is 0 Å². The Morgan fingerprint density at radius 1 is 1.32 bits per heavy atom. The van der Waals surface area contributed by atoms with Crippen LogP contribution in [0.5, 0.6) is 0 Å². The summed E-state index contributed by atoms with van der Waals surface area (Å²) in [6, 6.07) is 0. The van der Waals surface area contributed by atoms with Crippen LogP contribution in [0.1, 0.15) is 64.7 Å². The predicted octanol–water partition coefficient (Wildman–Crippen LogP) is 1.71. The molecule has 0 atom stereocenters. The maximum Gasteiger partial charge on any atom is 0.221 e. The summed E-state index contributed by atoms with van der Waals surface area (Å²) >= 11 is 0. The molecule has 4 N–H and O–H groups in total. The third kappa shape index (κ3) is 3.93. The zero-order chi connectivity index (χ0) is 13.9. The highest BCUT2D eigenvalue weighted by molar-refractivity contribution is 5.77. The SMILES string of the molecule is CCC1CCC(O)(CNC(=O)CC2(N)CCC2)CC1. The third-order valence-electron chi connectivity index (χ3n) is 5.09. The van der Waals surface area contributed by atoms with E-state index in [2.05, 4.69) is 12.2 Å². The van der Waals surface area contributed by atoms with Crippen LogP contribution in [0, 0.1) is 5.92 Å². The minimum atomic E-state index is -0.692. The summed E-state index contributed by atoms with van der Waals surface area (Å²) < 4.78 is 0. The van der Waals surface area contributed by atoms with Crippen LogP contribution in [0.15, 0.2) is 0 Å². The number of amides is 1. The van der Waals surface area contributed by atoms with Crippen LogP contribution in [0.4, 0.5) is 0 Å². The maximum atomic E-state index is 11.9. The molecule has 0 saturated heterocycles. The highest BCUT2D eigenvalue weighted by Crippen LogP contribution is 2.34. The Bertz CT molecular complexity index is 318. The Balaban J connectivity index is 1.71. The molecular formula is C15H28N2O2. The minimum absolute atomic E-state index is 0.00626. The van der Waals surface area contributed by atoms with Gasteiger partial charge in [-0.3, -0.25) is 4.79 Å². The molecule has 0 unspecified atom stereocenters. The molecule has 4 heteroatoms. The molecule has 4 nitrogen and oxygen atoms in total. The lowest BCUT2D eigenvalue weighted by molar-refractivity contribution is -0.124. The number of hydrogen-bond donors (Lipinski definition) is 3. The summed E-state index contributed by atoms with van der Waals surface area (Å²) in [5, 5.41) is 13.3. The molecule has 0 spiro atoms. The van der Waals surface area contributed by atoms with Gasteiger partial charge in [-0.2, -0.15) is 0 Å². The first-order chi connectivity index (χ1) is 8.95. The molecular weight excluding hydrogens is 240 g/mol. The van der Waals surface area contributed by atoms with Crippen molar-refractivity contribution in [2.24, 2.45) is 11.7 Å². The molecule has 0 aromatic rings. The molecule has 2 fully saturated rings. The van der Waals surface area contributed by atoms with Crippen molar-refractivity contribution in [1.29, 1.82) is 0 Å². The summed E-state index contributed by atoms with van der Waals surface area (Å²) in [5.74, 6) is 0.742. The largest absolute Gasteiger partial charge is 0.388 e. The fourth-order valence-corrected chi connectivity index (χ4v) is 3.25. The Morgan fingerprint density at radius 3 is 2.42 bits per heavy atom. The van der Waals surface area contributed by atoms with E-state index in [1.807, 2.05) is 0 Å². The van der Waals surface area contributed by atoms with E-state index in [-0.39, 0.29) is 11.4 Å². The van der Waals surface area contributed by atoms with Crippen LogP contribution in [0.2, 0.25) is 0 Å². The lowest BCUT2D eigenvalue weighted by atomic mass is 9.75. The predicted molar refractivity (Wildman–Crippen MR) is 75.6 cm³/mol. The molecule has 2 rings (SSSR count). The maximum absolute atomic E-state index is 11.9. The normalized spacial score (nSPS) is 33.5. The van der Waals surface area contributed by atoms with E-state index in [1.54, 1.807) is 0 Å². The molecule has 0 aromatic heterocycles. The zero-order valence-electron chi connectivity index (χ0n) is 12.1. The Morgan fingerprint density at radius 2 is 1.95 bits per heavy atom. The smallest absolute Gasteiger partial charge is 0.221 e. The van der Waals surface area contributed by atoms with E-state index in [9.17, 15) is 9.90 Å². The summed E-state index contributed by atoms with van der Waals surface area (Å²) in [6.45, 7) is 2.59. The van der Waals surface area contributed by atoms with Crippen LogP contribution in [-0.2, 0) is 4.79 Å². The minimum Gasteiger partial charge on any atom is -0.388 e. The van der Waals surface area contributed by atoms with Crippen molar-refractivity contribution in [2.75, 3.05) is 6.54 Å². The first-order valence-electron chi connectivity index (χ1n) is 7.73. The molecule has 2 aliphatic carbocycles. The second-order valence-electron chi connectivity index (χ2n) is 6.75. The van der Waals surface area contributed by atoms with Crippen molar-refractivity contribution in [3.05, 3.63) is 0 Å². The molecule has 2 aliphatic rings. The Labute approximate surface area is 116 Å². The number of rotatable bonds is 5. The summed E-state index contributed by atoms with van der Waals surface area (Å²) in [6.07, 6.45) is 8.38. The lowest BCUT2D eigenvalue weighted by Crippen LogP contribution is -2.52. The summed E-state index contributed by atoms with van der Waals surface area (Å²) in [7, 11) is 0. The second-order valence-corrected chi connectivity index (χ2v) is 6.75. The molecule has 0 aromatic carbocycles. The second kappa shape index (κ2) is 5.80. The van der Waals surface area contributed by atoms with Crippen molar-refractivity contribution >= 4 is 5.91 Å². The van der Waals surface area contributed by atoms with E-state index in [0.29, 0.717) is 13.0 Å². The van der Waals surface area contributed by atoms with E-state index in [0.717, 1.165) is 50.9 Å². The van der Waals surface area contributed by atoms with E-state index in [4.69, 9.17) is 5.73 Å². The van der Waals surface area contributed by atoms with E-state index in [1.165, 1.54) is 6.42 Å². The van der Waals surface area contributed by atoms with Crippen molar-refractivity contribution < 1.29 is 9.90 Å². The Kier molecular flexibility index (Phi) is 4.51. The van der Waals surface area contributed by atoms with Gasteiger partial charge in [0.25, 0.3) is 0 Å². The monoisotopic (exact) mass is 268 g/mol. The van der Waals surface area contributed by atoms with Gasteiger partial charge in [-0.1, -0.05) is 13.3 Å². The molecule has 0 heterocycles. The van der Waals surface area contributed by atoms with Gasteiger partial charge >= 0.3 is 0 Å². The van der Waals surface area contributed by atoms with Gasteiger partial charge in [0.15, 0.2) is 0 Å². The first-order valence-corrected chi connectivity index (χ1v) is 7.73. The molecule has 0 radical (unpaired) electrons. The van der Waals surface area contributed by atoms with Gasteiger partial charge in [-0.25, -0.2) is 0 Å². The molecule has 2 saturated carbocycles. The van der Waals surface area contributed by atoms with Crippen molar-refractivity contribution in [3.63, 3.8) is 0 Å². The number of nitrogens with two attached hydrogens (primary N) is 1. The lowest BCUT2D eigenvalue weighted by Gasteiger charge is -2.38. The molecule has 0 bridgehead atoms. The van der Waals surface area contributed by atoms with Gasteiger partial charge < -0.3 is 16.2 Å². The van der Waals surface area contributed by atoms with Gasteiger partial charge in [0.05, 0.1) is 5.60 Å². The van der Waals surface area contributed by atoms with Crippen molar-refractivity contribution in [2.45, 2.75) is 75.9 Å². The molecule has 1 amide bonds. The number of aliphatic hydroxyl groups is 1. The fraction of sp³-hybridized carbons (Fsp3) is 0.933. The van der Waals surface area contributed by atoms with E-state index < -0.39 is 5.60 Å². The van der Waals surface area contributed by atoms with Crippen LogP contribution in [0.3, 0.4) is 0 Å². The number of carbonyl (C=O) groups excluding carboxylic acids is 1. The topological polar surface area (TPSA) is 75.3 Å². The van der Waals surface area contributed by atoms with Gasteiger partial charge in [0, 0.05) is 18.5 Å². The fourth-order valence-electron chi connectivity index (χ4n) is 3.25. The van der Waals surface area contributed by atoms with Crippen LogP contribution < -0.4 is 11.1 Å². The number of nitrogens with one attached hydrogen (secondary N) is 1. The summed E-state index contributed by atoms with van der Waals surface area (Å²) in [5.41, 5.74) is 5.10. The average Bonchev–Trinajstić information content (AvgIpc) is 2.36. The van der Waals surface area contributed by atoms with Gasteiger partial charge in [0.1, 0.15) is 0 Å². The van der Waals surface area contributed by atoms with Gasteiger partial charge in [0.2, 0.25) is 5.91 Å². The van der Waals surface area contributed by atoms with Crippen molar-refractivity contribution in [1.82, 2.24) is 5.32 Å². The van der Waals surface area contributed by atoms with Crippen molar-refractivity contribution in [3.8, 4) is 0 Å². The molecule has 110 valence electrons. The number of carbonyl (C=O) groups is 1. The summed E-state index contributed by atoms with van der Waals surface area (Å²) in [4.78, 5) is 11.9. The number of hydrogen-bond acceptors (Lipinski definition) is 3. The highest BCUT2D eigenvalue weighted by atomic mass is 16.3. The van der Waals surface area contributed by atoms with Crippen LogP contribution in [0.25, 0.3) is 0 Å².